The third-order valence-corrected chi connectivity index (χ3v) is 3.70. The number of carbonyl (C=O) groups is 3. The molecule has 0 spiro atoms. The molecule has 1 saturated heterocycles. The van der Waals surface area contributed by atoms with Crippen molar-refractivity contribution < 1.29 is 19.5 Å². The standard InChI is InChI=1S/C15H26N2O4/c1-5-17-9-10(6-12(17)18)13(19)16-8-11(14(20)21)7-15(2,3)4/h10-11H,5-9H2,1-4H3,(H,16,19)(H,20,21). The van der Waals surface area contributed by atoms with Gasteiger partial charge in [0.25, 0.3) is 0 Å². The first-order chi connectivity index (χ1) is 9.64. The zero-order valence-electron chi connectivity index (χ0n) is 13.3. The predicted octanol–water partition coefficient (Wildman–Crippen LogP) is 1.11. The van der Waals surface area contributed by atoms with E-state index in [-0.39, 0.29) is 36.1 Å². The number of carboxylic acids is 1. The molecule has 2 amide bonds. The van der Waals surface area contributed by atoms with Gasteiger partial charge in [0, 0.05) is 26.1 Å². The number of likely N-dealkylation sites (tertiary alicyclic amines) is 1. The second kappa shape index (κ2) is 6.91. The summed E-state index contributed by atoms with van der Waals surface area (Å²) >= 11 is 0. The fourth-order valence-corrected chi connectivity index (χ4v) is 2.61. The fraction of sp³-hybridized carbons (Fsp3) is 0.800. The Morgan fingerprint density at radius 1 is 1.43 bits per heavy atom. The van der Waals surface area contributed by atoms with Gasteiger partial charge < -0.3 is 15.3 Å². The van der Waals surface area contributed by atoms with Crippen LogP contribution in [0, 0.1) is 17.3 Å². The molecule has 1 rings (SSSR count). The van der Waals surface area contributed by atoms with Gasteiger partial charge in [-0.15, -0.1) is 0 Å². The molecule has 0 aliphatic carbocycles. The summed E-state index contributed by atoms with van der Waals surface area (Å²) in [4.78, 5) is 36.6. The maximum absolute atomic E-state index is 12.1. The maximum atomic E-state index is 12.1. The van der Waals surface area contributed by atoms with Gasteiger partial charge in [0.2, 0.25) is 11.8 Å². The first kappa shape index (κ1) is 17.5. The number of hydrogen-bond acceptors (Lipinski definition) is 3. The fourth-order valence-electron chi connectivity index (χ4n) is 2.61. The molecule has 6 nitrogen and oxygen atoms in total. The first-order valence-corrected chi connectivity index (χ1v) is 7.42. The lowest BCUT2D eigenvalue weighted by Gasteiger charge is -2.24. The average Bonchev–Trinajstić information content (AvgIpc) is 2.73. The normalized spacial score (nSPS) is 20.5. The molecule has 0 saturated carbocycles. The Hall–Kier alpha value is -1.59. The van der Waals surface area contributed by atoms with Crippen LogP contribution in [0.15, 0.2) is 0 Å². The molecule has 1 aliphatic rings. The van der Waals surface area contributed by atoms with Crippen molar-refractivity contribution in [1.29, 1.82) is 0 Å². The second-order valence-corrected chi connectivity index (χ2v) is 6.88. The Kier molecular flexibility index (Phi) is 5.75. The monoisotopic (exact) mass is 298 g/mol. The van der Waals surface area contributed by atoms with Crippen LogP contribution in [0.2, 0.25) is 0 Å². The Bertz CT molecular complexity index is 414. The second-order valence-electron chi connectivity index (χ2n) is 6.88. The summed E-state index contributed by atoms with van der Waals surface area (Å²) in [5, 5.41) is 11.9. The van der Waals surface area contributed by atoms with Crippen molar-refractivity contribution in [2.75, 3.05) is 19.6 Å². The number of amides is 2. The Morgan fingerprint density at radius 2 is 2.05 bits per heavy atom. The summed E-state index contributed by atoms with van der Waals surface area (Å²) in [6.45, 7) is 8.94. The molecule has 2 unspecified atom stereocenters. The van der Waals surface area contributed by atoms with E-state index in [1.807, 2.05) is 27.7 Å². The van der Waals surface area contributed by atoms with Crippen LogP contribution < -0.4 is 5.32 Å². The smallest absolute Gasteiger partial charge is 0.308 e. The van der Waals surface area contributed by atoms with Gasteiger partial charge in [0.1, 0.15) is 0 Å². The average molecular weight is 298 g/mol. The van der Waals surface area contributed by atoms with Crippen molar-refractivity contribution in [2.24, 2.45) is 17.3 Å². The highest BCUT2D eigenvalue weighted by molar-refractivity contribution is 5.89. The van der Waals surface area contributed by atoms with Crippen molar-refractivity contribution in [2.45, 2.75) is 40.5 Å². The van der Waals surface area contributed by atoms with Gasteiger partial charge in [0.15, 0.2) is 0 Å². The van der Waals surface area contributed by atoms with Gasteiger partial charge in [-0.1, -0.05) is 20.8 Å². The predicted molar refractivity (Wildman–Crippen MR) is 78.6 cm³/mol. The first-order valence-electron chi connectivity index (χ1n) is 7.42. The molecule has 21 heavy (non-hydrogen) atoms. The molecule has 0 aromatic carbocycles. The van der Waals surface area contributed by atoms with Gasteiger partial charge in [-0.2, -0.15) is 0 Å². The molecule has 1 heterocycles. The minimum absolute atomic E-state index is 0.0119. The Balaban J connectivity index is 2.51. The van der Waals surface area contributed by atoms with Crippen LogP contribution in [0.3, 0.4) is 0 Å². The molecule has 0 aromatic heterocycles. The summed E-state index contributed by atoms with van der Waals surface area (Å²) in [6.07, 6.45) is 0.712. The molecule has 120 valence electrons. The van der Waals surface area contributed by atoms with E-state index in [1.54, 1.807) is 4.90 Å². The lowest BCUT2D eigenvalue weighted by atomic mass is 9.84. The lowest BCUT2D eigenvalue weighted by Crippen LogP contribution is -2.38. The highest BCUT2D eigenvalue weighted by Gasteiger charge is 2.34. The number of rotatable bonds is 6. The topological polar surface area (TPSA) is 86.7 Å². The van der Waals surface area contributed by atoms with E-state index >= 15 is 0 Å². The highest BCUT2D eigenvalue weighted by Crippen LogP contribution is 2.24. The van der Waals surface area contributed by atoms with E-state index < -0.39 is 11.9 Å². The zero-order chi connectivity index (χ0) is 16.2. The number of hydrogen-bond donors (Lipinski definition) is 2. The van der Waals surface area contributed by atoms with E-state index in [0.29, 0.717) is 19.5 Å². The van der Waals surface area contributed by atoms with Crippen LogP contribution >= 0.6 is 0 Å². The molecule has 2 atom stereocenters. The SMILES string of the molecule is CCN1CC(C(=O)NCC(CC(C)(C)C)C(=O)O)CC1=O. The van der Waals surface area contributed by atoms with E-state index in [9.17, 15) is 19.5 Å². The molecular weight excluding hydrogens is 272 g/mol. The van der Waals surface area contributed by atoms with Gasteiger partial charge in [-0.3, -0.25) is 14.4 Å². The van der Waals surface area contributed by atoms with Gasteiger partial charge in [0.05, 0.1) is 11.8 Å². The van der Waals surface area contributed by atoms with Crippen LogP contribution in [0.1, 0.15) is 40.5 Å². The van der Waals surface area contributed by atoms with E-state index in [4.69, 9.17) is 0 Å². The molecule has 6 heteroatoms. The highest BCUT2D eigenvalue weighted by atomic mass is 16.4. The van der Waals surface area contributed by atoms with Crippen LogP contribution in [0.4, 0.5) is 0 Å². The van der Waals surface area contributed by atoms with Gasteiger partial charge in [-0.05, 0) is 18.8 Å². The summed E-state index contributed by atoms with van der Waals surface area (Å²) in [5.41, 5.74) is -0.115. The summed E-state index contributed by atoms with van der Waals surface area (Å²) in [6, 6.07) is 0. The van der Waals surface area contributed by atoms with Crippen molar-refractivity contribution in [3.63, 3.8) is 0 Å². The largest absolute Gasteiger partial charge is 0.481 e. The minimum atomic E-state index is -0.900. The number of nitrogens with zero attached hydrogens (tertiary/aromatic N) is 1. The Labute approximate surface area is 125 Å². The molecule has 1 aliphatic heterocycles. The minimum Gasteiger partial charge on any atom is -0.481 e. The molecular formula is C15H26N2O4. The van der Waals surface area contributed by atoms with Gasteiger partial charge >= 0.3 is 5.97 Å². The van der Waals surface area contributed by atoms with E-state index in [2.05, 4.69) is 5.32 Å². The molecule has 2 N–H and O–H groups in total. The van der Waals surface area contributed by atoms with Crippen LogP contribution in [0.5, 0.6) is 0 Å². The number of carboxylic acid groups (broad SMARTS) is 1. The van der Waals surface area contributed by atoms with Crippen molar-refractivity contribution in [3.05, 3.63) is 0 Å². The molecule has 0 bridgehead atoms. The number of aliphatic carboxylic acids is 1. The lowest BCUT2D eigenvalue weighted by molar-refractivity contribution is -0.142. The third-order valence-electron chi connectivity index (χ3n) is 3.70. The molecule has 0 radical (unpaired) electrons. The van der Waals surface area contributed by atoms with Crippen LogP contribution in [-0.2, 0) is 14.4 Å². The number of carbonyl (C=O) groups excluding carboxylic acids is 2. The van der Waals surface area contributed by atoms with Crippen molar-refractivity contribution in [3.8, 4) is 0 Å². The summed E-state index contributed by atoms with van der Waals surface area (Å²) < 4.78 is 0. The quantitative estimate of drug-likeness (QED) is 0.769. The van der Waals surface area contributed by atoms with E-state index in [1.165, 1.54) is 0 Å². The molecule has 0 aromatic rings. The van der Waals surface area contributed by atoms with Gasteiger partial charge in [-0.25, -0.2) is 0 Å². The summed E-state index contributed by atoms with van der Waals surface area (Å²) in [5.74, 6) is -2.10. The third kappa shape index (κ3) is 5.36. The Morgan fingerprint density at radius 3 is 2.48 bits per heavy atom. The zero-order valence-corrected chi connectivity index (χ0v) is 13.3. The van der Waals surface area contributed by atoms with E-state index in [0.717, 1.165) is 0 Å². The van der Waals surface area contributed by atoms with Crippen LogP contribution in [0.25, 0.3) is 0 Å². The van der Waals surface area contributed by atoms with Crippen molar-refractivity contribution >= 4 is 17.8 Å². The van der Waals surface area contributed by atoms with Crippen molar-refractivity contribution in [1.82, 2.24) is 10.2 Å². The maximum Gasteiger partial charge on any atom is 0.308 e. The van der Waals surface area contributed by atoms with Crippen LogP contribution in [-0.4, -0.2) is 47.4 Å². The summed E-state index contributed by atoms with van der Waals surface area (Å²) in [7, 11) is 0. The molecule has 1 fully saturated rings. The number of nitrogens with one attached hydrogen (secondary N) is 1.